The van der Waals surface area contributed by atoms with Crippen LogP contribution < -0.4 is 10.2 Å². The highest BCUT2D eigenvalue weighted by molar-refractivity contribution is 7.13. The zero-order valence-electron chi connectivity index (χ0n) is 18.8. The van der Waals surface area contributed by atoms with E-state index >= 15 is 0 Å². The van der Waals surface area contributed by atoms with Crippen molar-refractivity contribution in [3.63, 3.8) is 0 Å². The van der Waals surface area contributed by atoms with Gasteiger partial charge in [-0.05, 0) is 60.7 Å². The van der Waals surface area contributed by atoms with Crippen LogP contribution in [0.15, 0.2) is 72.1 Å². The molecule has 1 atom stereocenters. The molecule has 0 aliphatic carbocycles. The van der Waals surface area contributed by atoms with Gasteiger partial charge in [0.25, 0.3) is 5.91 Å². The number of anilines is 1. The maximum atomic E-state index is 13.9. The first-order chi connectivity index (χ1) is 16.4. The number of hydrogen-bond donors (Lipinski definition) is 1. The number of halogens is 1. The Morgan fingerprint density at radius 1 is 1.15 bits per heavy atom. The van der Waals surface area contributed by atoms with Gasteiger partial charge in [0, 0.05) is 17.3 Å². The summed E-state index contributed by atoms with van der Waals surface area (Å²) in [5, 5.41) is 10.3. The molecule has 0 radical (unpaired) electrons. The van der Waals surface area contributed by atoms with E-state index in [0.29, 0.717) is 22.9 Å². The topological polar surface area (TPSA) is 67.2 Å². The molecule has 1 aliphatic heterocycles. The van der Waals surface area contributed by atoms with E-state index in [1.165, 1.54) is 0 Å². The minimum absolute atomic E-state index is 0.236. The van der Waals surface area contributed by atoms with Gasteiger partial charge in [-0.2, -0.15) is 5.10 Å². The number of amides is 2. The molecule has 8 heteroatoms. The van der Waals surface area contributed by atoms with Crippen molar-refractivity contribution in [3.05, 3.63) is 94.0 Å². The second-order valence-corrected chi connectivity index (χ2v) is 9.94. The van der Waals surface area contributed by atoms with Crippen LogP contribution in [0.1, 0.15) is 28.5 Å². The summed E-state index contributed by atoms with van der Waals surface area (Å²) in [5.41, 5.74) is 2.57. The molecular weight excluding hydrogens is 468 g/mol. The van der Waals surface area contributed by atoms with Crippen molar-refractivity contribution in [2.75, 3.05) is 4.90 Å². The summed E-state index contributed by atoms with van der Waals surface area (Å²) in [6.45, 7) is 4.30. The van der Waals surface area contributed by atoms with Gasteiger partial charge in [0.15, 0.2) is 0 Å². The molecule has 3 heterocycles. The average Bonchev–Trinajstić information content (AvgIpc) is 3.50. The number of carbonyl (C=O) groups is 2. The number of carbonyl (C=O) groups excluding carboxylic acids is 2. The number of rotatable bonds is 5. The van der Waals surface area contributed by atoms with Crippen LogP contribution in [0.5, 0.6) is 0 Å². The van der Waals surface area contributed by atoms with Crippen molar-refractivity contribution in [2.45, 2.75) is 32.5 Å². The lowest BCUT2D eigenvalue weighted by Crippen LogP contribution is -2.64. The highest BCUT2D eigenvalue weighted by atomic mass is 35.5. The first-order valence-electron chi connectivity index (χ1n) is 10.9. The molecule has 2 aromatic carbocycles. The minimum Gasteiger partial charge on any atom is -0.350 e. The quantitative estimate of drug-likeness (QED) is 0.412. The van der Waals surface area contributed by atoms with Crippen molar-refractivity contribution in [1.29, 1.82) is 0 Å². The highest BCUT2D eigenvalue weighted by Crippen LogP contribution is 2.36. The molecule has 4 aromatic rings. The standard InChI is InChI=1S/C26H23ClN4O2S/c1-17-6-3-4-7-21(17)31-24(32)22-14-20(23-8-5-13-34-23)29-30(22)16-26(31,2)25(33)28-15-18-9-11-19(27)12-10-18/h3-14H,15-16H2,1-2H3,(H,28,33)/t26-/m0/s1. The molecule has 0 unspecified atom stereocenters. The van der Waals surface area contributed by atoms with Crippen molar-refractivity contribution < 1.29 is 9.59 Å². The van der Waals surface area contributed by atoms with Crippen LogP contribution in [-0.4, -0.2) is 27.1 Å². The van der Waals surface area contributed by atoms with Crippen LogP contribution in [-0.2, 0) is 17.9 Å². The van der Waals surface area contributed by atoms with Gasteiger partial charge < -0.3 is 5.32 Å². The van der Waals surface area contributed by atoms with Crippen LogP contribution >= 0.6 is 22.9 Å². The predicted molar refractivity (Wildman–Crippen MR) is 135 cm³/mol. The van der Waals surface area contributed by atoms with Crippen LogP contribution in [0.25, 0.3) is 10.6 Å². The Balaban J connectivity index is 1.54. The summed E-state index contributed by atoms with van der Waals surface area (Å²) in [6, 6.07) is 20.7. The number of nitrogens with zero attached hydrogens (tertiary/aromatic N) is 3. The van der Waals surface area contributed by atoms with Gasteiger partial charge in [-0.3, -0.25) is 19.2 Å². The number of hydrogen-bond acceptors (Lipinski definition) is 4. The lowest BCUT2D eigenvalue weighted by atomic mass is 9.93. The van der Waals surface area contributed by atoms with E-state index in [2.05, 4.69) is 10.4 Å². The number of para-hydroxylation sites is 1. The molecule has 0 spiro atoms. The van der Waals surface area contributed by atoms with Gasteiger partial charge in [-0.25, -0.2) is 0 Å². The monoisotopic (exact) mass is 490 g/mol. The Bertz CT molecular complexity index is 1360. The van der Waals surface area contributed by atoms with Crippen LogP contribution in [0.2, 0.25) is 5.02 Å². The van der Waals surface area contributed by atoms with Gasteiger partial charge in [-0.15, -0.1) is 11.3 Å². The fraction of sp³-hybridized carbons (Fsp3) is 0.192. The Morgan fingerprint density at radius 2 is 1.91 bits per heavy atom. The van der Waals surface area contributed by atoms with Gasteiger partial charge in [-0.1, -0.05) is 48.0 Å². The van der Waals surface area contributed by atoms with Crippen molar-refractivity contribution >= 4 is 40.4 Å². The second kappa shape index (κ2) is 8.74. The number of benzene rings is 2. The molecule has 1 aliphatic rings. The average molecular weight is 491 g/mol. The molecule has 5 rings (SSSR count). The Kier molecular flexibility index (Phi) is 5.75. The lowest BCUT2D eigenvalue weighted by Gasteiger charge is -2.43. The van der Waals surface area contributed by atoms with E-state index in [1.807, 2.05) is 66.9 Å². The summed E-state index contributed by atoms with van der Waals surface area (Å²) in [6.07, 6.45) is 0. The SMILES string of the molecule is Cc1ccccc1N1C(=O)c2cc(-c3cccs3)nn2C[C@@]1(C)C(=O)NCc1ccc(Cl)cc1. The normalized spacial score (nSPS) is 17.5. The highest BCUT2D eigenvalue weighted by Gasteiger charge is 2.49. The zero-order chi connectivity index (χ0) is 23.9. The molecule has 0 fully saturated rings. The van der Waals surface area contributed by atoms with Crippen molar-refractivity contribution in [3.8, 4) is 10.6 Å². The van der Waals surface area contributed by atoms with Gasteiger partial charge >= 0.3 is 0 Å². The van der Waals surface area contributed by atoms with Gasteiger partial charge in [0.2, 0.25) is 5.91 Å². The largest absolute Gasteiger partial charge is 0.350 e. The molecule has 0 saturated carbocycles. The summed E-state index contributed by atoms with van der Waals surface area (Å²) < 4.78 is 1.66. The summed E-state index contributed by atoms with van der Waals surface area (Å²) in [7, 11) is 0. The first-order valence-corrected chi connectivity index (χ1v) is 12.2. The van der Waals surface area contributed by atoms with E-state index in [0.717, 1.165) is 21.7 Å². The van der Waals surface area contributed by atoms with Gasteiger partial charge in [0.1, 0.15) is 16.9 Å². The van der Waals surface area contributed by atoms with E-state index in [1.54, 1.807) is 40.0 Å². The fourth-order valence-corrected chi connectivity index (χ4v) is 5.10. The van der Waals surface area contributed by atoms with E-state index in [4.69, 9.17) is 11.6 Å². The third kappa shape index (κ3) is 3.91. The molecule has 0 bridgehead atoms. The van der Waals surface area contributed by atoms with Gasteiger partial charge in [0.05, 0.1) is 11.4 Å². The molecule has 1 N–H and O–H groups in total. The van der Waals surface area contributed by atoms with E-state index in [-0.39, 0.29) is 18.4 Å². The van der Waals surface area contributed by atoms with E-state index < -0.39 is 5.54 Å². The maximum Gasteiger partial charge on any atom is 0.277 e. The Hall–Kier alpha value is -3.42. The van der Waals surface area contributed by atoms with Crippen LogP contribution in [0.3, 0.4) is 0 Å². The lowest BCUT2D eigenvalue weighted by molar-refractivity contribution is -0.126. The minimum atomic E-state index is -1.18. The fourth-order valence-electron chi connectivity index (χ4n) is 4.29. The van der Waals surface area contributed by atoms with Crippen LogP contribution in [0, 0.1) is 6.92 Å². The maximum absolute atomic E-state index is 13.9. The molecule has 2 amide bonds. The third-order valence-corrected chi connectivity index (χ3v) is 7.28. The molecule has 6 nitrogen and oxygen atoms in total. The number of aromatic nitrogens is 2. The van der Waals surface area contributed by atoms with Crippen molar-refractivity contribution in [2.24, 2.45) is 0 Å². The number of fused-ring (bicyclic) bond motifs is 1. The van der Waals surface area contributed by atoms with Crippen LogP contribution in [0.4, 0.5) is 5.69 Å². The molecular formula is C26H23ClN4O2S. The molecule has 34 heavy (non-hydrogen) atoms. The summed E-state index contributed by atoms with van der Waals surface area (Å²) in [5.74, 6) is -0.502. The molecule has 172 valence electrons. The first kappa shape index (κ1) is 22.4. The number of aryl methyl sites for hydroxylation is 1. The van der Waals surface area contributed by atoms with E-state index in [9.17, 15) is 9.59 Å². The zero-order valence-corrected chi connectivity index (χ0v) is 20.4. The Labute approximate surface area is 206 Å². The number of thiophene rings is 1. The predicted octanol–water partition coefficient (Wildman–Crippen LogP) is 5.31. The van der Waals surface area contributed by atoms with Crippen molar-refractivity contribution in [1.82, 2.24) is 15.1 Å². The second-order valence-electron chi connectivity index (χ2n) is 8.56. The smallest absolute Gasteiger partial charge is 0.277 e. The Morgan fingerprint density at radius 3 is 2.62 bits per heavy atom. The molecule has 0 saturated heterocycles. The summed E-state index contributed by atoms with van der Waals surface area (Å²) in [4.78, 5) is 30.1. The third-order valence-electron chi connectivity index (χ3n) is 6.14. The summed E-state index contributed by atoms with van der Waals surface area (Å²) >= 11 is 7.55. The number of nitrogens with one attached hydrogen (secondary N) is 1. The molecule has 2 aromatic heterocycles.